The second-order valence-corrected chi connectivity index (χ2v) is 5.76. The van der Waals surface area contributed by atoms with Gasteiger partial charge in [0.1, 0.15) is 0 Å². The molecular weight excluding hydrogens is 236 g/mol. The zero-order chi connectivity index (χ0) is 13.7. The van der Waals surface area contributed by atoms with Gasteiger partial charge in [-0.05, 0) is 38.4 Å². The number of hydrogen-bond donors (Lipinski definition) is 2. The number of likely N-dealkylation sites (N-methyl/N-ethyl adjacent to an activating group) is 1. The van der Waals surface area contributed by atoms with Crippen molar-refractivity contribution in [1.82, 2.24) is 10.2 Å². The van der Waals surface area contributed by atoms with Gasteiger partial charge in [-0.2, -0.15) is 0 Å². The van der Waals surface area contributed by atoms with E-state index < -0.39 is 0 Å². The zero-order valence-electron chi connectivity index (χ0n) is 12.1. The molecule has 1 aliphatic rings. The molecule has 1 fully saturated rings. The normalized spacial score (nSPS) is 18.5. The summed E-state index contributed by atoms with van der Waals surface area (Å²) in [6.07, 6.45) is 3.59. The molecule has 0 heterocycles. The second-order valence-electron chi connectivity index (χ2n) is 5.76. The minimum absolute atomic E-state index is 0.140. The van der Waals surface area contributed by atoms with Crippen molar-refractivity contribution in [2.45, 2.75) is 37.8 Å². The van der Waals surface area contributed by atoms with Crippen molar-refractivity contribution in [3.63, 3.8) is 0 Å². The molecule has 0 radical (unpaired) electrons. The number of aliphatic hydroxyl groups is 1. The van der Waals surface area contributed by atoms with E-state index in [4.69, 9.17) is 0 Å². The molecule has 106 valence electrons. The van der Waals surface area contributed by atoms with Crippen LogP contribution in [0.5, 0.6) is 0 Å². The van der Waals surface area contributed by atoms with Gasteiger partial charge in [-0.25, -0.2) is 0 Å². The number of aliphatic hydroxyl groups excluding tert-OH is 1. The summed E-state index contributed by atoms with van der Waals surface area (Å²) in [6, 6.07) is 10.9. The van der Waals surface area contributed by atoms with Crippen LogP contribution in [-0.4, -0.2) is 42.8 Å². The monoisotopic (exact) mass is 262 g/mol. The standard InChI is InChI=1S/C16H26N2O/c1-3-11-18(2)12-16(13-19,17-15-9-10-15)14-7-5-4-6-8-14/h4-8,15,17,19H,3,9-13H2,1-2H3. The van der Waals surface area contributed by atoms with Crippen LogP contribution >= 0.6 is 0 Å². The first-order chi connectivity index (χ1) is 9.20. The molecule has 0 amide bonds. The lowest BCUT2D eigenvalue weighted by molar-refractivity contribution is 0.116. The molecular formula is C16H26N2O. The minimum Gasteiger partial charge on any atom is -0.394 e. The third-order valence-corrected chi connectivity index (χ3v) is 3.80. The molecule has 1 unspecified atom stereocenters. The predicted molar refractivity (Wildman–Crippen MR) is 79.2 cm³/mol. The van der Waals surface area contributed by atoms with Gasteiger partial charge in [-0.1, -0.05) is 37.3 Å². The quantitative estimate of drug-likeness (QED) is 0.752. The van der Waals surface area contributed by atoms with Gasteiger partial charge < -0.3 is 15.3 Å². The topological polar surface area (TPSA) is 35.5 Å². The lowest BCUT2D eigenvalue weighted by Crippen LogP contribution is -2.54. The molecule has 1 saturated carbocycles. The zero-order valence-corrected chi connectivity index (χ0v) is 12.1. The summed E-state index contributed by atoms with van der Waals surface area (Å²) in [5, 5.41) is 13.7. The summed E-state index contributed by atoms with van der Waals surface area (Å²) in [7, 11) is 2.13. The Hall–Kier alpha value is -0.900. The van der Waals surface area contributed by atoms with Crippen molar-refractivity contribution in [2.75, 3.05) is 26.7 Å². The Morgan fingerprint density at radius 3 is 2.53 bits per heavy atom. The smallest absolute Gasteiger partial charge is 0.0799 e. The van der Waals surface area contributed by atoms with Gasteiger partial charge >= 0.3 is 0 Å². The van der Waals surface area contributed by atoms with Gasteiger partial charge in [0.2, 0.25) is 0 Å². The first kappa shape index (κ1) is 14.5. The largest absolute Gasteiger partial charge is 0.394 e. The average Bonchev–Trinajstić information content (AvgIpc) is 3.23. The van der Waals surface area contributed by atoms with Crippen LogP contribution in [0.1, 0.15) is 31.7 Å². The number of benzene rings is 1. The van der Waals surface area contributed by atoms with Gasteiger partial charge in [0, 0.05) is 12.6 Å². The van der Waals surface area contributed by atoms with E-state index in [0.717, 1.165) is 19.5 Å². The summed E-state index contributed by atoms with van der Waals surface area (Å²) in [4.78, 5) is 2.30. The Balaban J connectivity index is 2.19. The van der Waals surface area contributed by atoms with Crippen molar-refractivity contribution in [3.05, 3.63) is 35.9 Å². The lowest BCUT2D eigenvalue weighted by atomic mass is 9.89. The van der Waals surface area contributed by atoms with E-state index in [2.05, 4.69) is 36.3 Å². The molecule has 0 aromatic heterocycles. The first-order valence-corrected chi connectivity index (χ1v) is 7.33. The van der Waals surface area contributed by atoms with Crippen LogP contribution in [0.15, 0.2) is 30.3 Å². The predicted octanol–water partition coefficient (Wildman–Crippen LogP) is 1.97. The Labute approximate surface area is 116 Å². The SMILES string of the molecule is CCCN(C)CC(CO)(NC1CC1)c1ccccc1. The summed E-state index contributed by atoms with van der Waals surface area (Å²) in [5.74, 6) is 0. The highest BCUT2D eigenvalue weighted by atomic mass is 16.3. The number of hydrogen-bond acceptors (Lipinski definition) is 3. The van der Waals surface area contributed by atoms with Crippen LogP contribution in [0.2, 0.25) is 0 Å². The molecule has 1 aromatic carbocycles. The number of nitrogens with one attached hydrogen (secondary N) is 1. The number of rotatable bonds is 8. The molecule has 1 atom stereocenters. The highest BCUT2D eigenvalue weighted by molar-refractivity contribution is 5.26. The van der Waals surface area contributed by atoms with E-state index in [1.54, 1.807) is 0 Å². The maximum absolute atomic E-state index is 10.0. The first-order valence-electron chi connectivity index (χ1n) is 7.33. The van der Waals surface area contributed by atoms with E-state index in [9.17, 15) is 5.11 Å². The van der Waals surface area contributed by atoms with Crippen LogP contribution in [0.25, 0.3) is 0 Å². The van der Waals surface area contributed by atoms with Crippen LogP contribution < -0.4 is 5.32 Å². The van der Waals surface area contributed by atoms with Crippen molar-refractivity contribution in [3.8, 4) is 0 Å². The summed E-state index contributed by atoms with van der Waals surface area (Å²) in [5.41, 5.74) is 0.860. The highest BCUT2D eigenvalue weighted by Gasteiger charge is 2.37. The Morgan fingerprint density at radius 1 is 1.32 bits per heavy atom. The molecule has 19 heavy (non-hydrogen) atoms. The molecule has 0 spiro atoms. The summed E-state index contributed by atoms with van der Waals surface area (Å²) >= 11 is 0. The molecule has 0 saturated heterocycles. The molecule has 3 nitrogen and oxygen atoms in total. The lowest BCUT2D eigenvalue weighted by Gasteiger charge is -2.37. The Kier molecular flexibility index (Phi) is 4.97. The van der Waals surface area contributed by atoms with Crippen molar-refractivity contribution < 1.29 is 5.11 Å². The molecule has 1 aromatic rings. The summed E-state index contributed by atoms with van der Waals surface area (Å²) in [6.45, 7) is 4.23. The molecule has 1 aliphatic carbocycles. The van der Waals surface area contributed by atoms with Crippen molar-refractivity contribution in [2.24, 2.45) is 0 Å². The average molecular weight is 262 g/mol. The van der Waals surface area contributed by atoms with Crippen molar-refractivity contribution >= 4 is 0 Å². The van der Waals surface area contributed by atoms with Gasteiger partial charge in [0.05, 0.1) is 12.1 Å². The molecule has 0 aliphatic heterocycles. The fourth-order valence-electron chi connectivity index (χ4n) is 2.70. The number of nitrogens with zero attached hydrogens (tertiary/aromatic N) is 1. The van der Waals surface area contributed by atoms with E-state index in [1.165, 1.54) is 18.4 Å². The van der Waals surface area contributed by atoms with Crippen LogP contribution in [0.4, 0.5) is 0 Å². The summed E-state index contributed by atoms with van der Waals surface area (Å²) < 4.78 is 0. The van der Waals surface area contributed by atoms with Crippen LogP contribution in [0, 0.1) is 0 Å². The van der Waals surface area contributed by atoms with Gasteiger partial charge in [0.15, 0.2) is 0 Å². The molecule has 2 N–H and O–H groups in total. The fraction of sp³-hybridized carbons (Fsp3) is 0.625. The van der Waals surface area contributed by atoms with E-state index >= 15 is 0 Å². The fourth-order valence-corrected chi connectivity index (χ4v) is 2.70. The molecule has 3 heteroatoms. The highest BCUT2D eigenvalue weighted by Crippen LogP contribution is 2.29. The third kappa shape index (κ3) is 3.78. The van der Waals surface area contributed by atoms with Gasteiger partial charge in [0.25, 0.3) is 0 Å². The van der Waals surface area contributed by atoms with Crippen LogP contribution in [0.3, 0.4) is 0 Å². The van der Waals surface area contributed by atoms with E-state index in [-0.39, 0.29) is 12.1 Å². The van der Waals surface area contributed by atoms with E-state index in [0.29, 0.717) is 6.04 Å². The third-order valence-electron chi connectivity index (χ3n) is 3.80. The molecule has 0 bridgehead atoms. The van der Waals surface area contributed by atoms with Crippen molar-refractivity contribution in [1.29, 1.82) is 0 Å². The van der Waals surface area contributed by atoms with E-state index in [1.807, 2.05) is 18.2 Å². The maximum atomic E-state index is 10.0. The Bertz CT molecular complexity index is 378. The second kappa shape index (κ2) is 6.51. The maximum Gasteiger partial charge on any atom is 0.0799 e. The Morgan fingerprint density at radius 2 is 2.00 bits per heavy atom. The van der Waals surface area contributed by atoms with Gasteiger partial charge in [-0.3, -0.25) is 0 Å². The minimum atomic E-state index is -0.327. The molecule has 2 rings (SSSR count). The van der Waals surface area contributed by atoms with Gasteiger partial charge in [-0.15, -0.1) is 0 Å². The van der Waals surface area contributed by atoms with Crippen LogP contribution in [-0.2, 0) is 5.54 Å².